The summed E-state index contributed by atoms with van der Waals surface area (Å²) >= 11 is 5.96. The molecule has 1 unspecified atom stereocenters. The van der Waals surface area contributed by atoms with Crippen LogP contribution < -0.4 is 10.2 Å². The van der Waals surface area contributed by atoms with Crippen LogP contribution in [-0.4, -0.2) is 28.0 Å². The number of nitrogens with zero attached hydrogens (tertiary/aromatic N) is 4. The standard InChI is InChI=1S/C13H18ClN5O/c1-4-19(5-2)13-17-11(14)16-12(18-13)15-9(3)10-7-6-8-20-10/h6-9H,4-5H2,1-3H3,(H,15,16,17,18). The van der Waals surface area contributed by atoms with Gasteiger partial charge in [-0.05, 0) is 44.5 Å². The van der Waals surface area contributed by atoms with Crippen molar-refractivity contribution >= 4 is 23.5 Å². The minimum Gasteiger partial charge on any atom is -0.467 e. The van der Waals surface area contributed by atoms with Gasteiger partial charge in [0.1, 0.15) is 5.76 Å². The molecular weight excluding hydrogens is 278 g/mol. The van der Waals surface area contributed by atoms with Crippen LogP contribution in [0.5, 0.6) is 0 Å². The van der Waals surface area contributed by atoms with Gasteiger partial charge in [0.15, 0.2) is 0 Å². The lowest BCUT2D eigenvalue weighted by Crippen LogP contribution is -2.25. The Morgan fingerprint density at radius 3 is 2.65 bits per heavy atom. The van der Waals surface area contributed by atoms with E-state index in [2.05, 4.69) is 20.3 Å². The fourth-order valence-electron chi connectivity index (χ4n) is 1.85. The fourth-order valence-corrected chi connectivity index (χ4v) is 2.01. The molecule has 0 aliphatic heterocycles. The van der Waals surface area contributed by atoms with E-state index in [1.807, 2.05) is 37.8 Å². The van der Waals surface area contributed by atoms with Crippen LogP contribution in [0.25, 0.3) is 0 Å². The van der Waals surface area contributed by atoms with E-state index in [0.29, 0.717) is 11.9 Å². The van der Waals surface area contributed by atoms with Gasteiger partial charge >= 0.3 is 0 Å². The summed E-state index contributed by atoms with van der Waals surface area (Å²) < 4.78 is 5.34. The Hall–Kier alpha value is -1.82. The van der Waals surface area contributed by atoms with E-state index >= 15 is 0 Å². The zero-order valence-corrected chi connectivity index (χ0v) is 12.6. The highest BCUT2D eigenvalue weighted by Crippen LogP contribution is 2.19. The zero-order chi connectivity index (χ0) is 14.5. The average molecular weight is 296 g/mol. The van der Waals surface area contributed by atoms with Crippen LogP contribution >= 0.6 is 11.6 Å². The van der Waals surface area contributed by atoms with E-state index in [9.17, 15) is 0 Å². The van der Waals surface area contributed by atoms with Gasteiger partial charge in [-0.25, -0.2) is 0 Å². The number of hydrogen-bond donors (Lipinski definition) is 1. The summed E-state index contributed by atoms with van der Waals surface area (Å²) in [6.45, 7) is 7.67. The lowest BCUT2D eigenvalue weighted by Gasteiger charge is -2.19. The van der Waals surface area contributed by atoms with Crippen LogP contribution in [0.2, 0.25) is 5.28 Å². The monoisotopic (exact) mass is 295 g/mol. The van der Waals surface area contributed by atoms with Crippen LogP contribution in [0.4, 0.5) is 11.9 Å². The lowest BCUT2D eigenvalue weighted by molar-refractivity contribution is 0.489. The molecule has 2 heterocycles. The smallest absolute Gasteiger partial charge is 0.231 e. The van der Waals surface area contributed by atoms with Crippen molar-refractivity contribution in [2.45, 2.75) is 26.8 Å². The van der Waals surface area contributed by atoms with Crippen LogP contribution in [0.3, 0.4) is 0 Å². The van der Waals surface area contributed by atoms with Gasteiger partial charge in [-0.1, -0.05) is 0 Å². The Balaban J connectivity index is 2.19. The molecular formula is C13H18ClN5O. The molecule has 20 heavy (non-hydrogen) atoms. The van der Waals surface area contributed by atoms with Crippen molar-refractivity contribution in [2.24, 2.45) is 0 Å². The number of nitrogens with one attached hydrogen (secondary N) is 1. The summed E-state index contributed by atoms with van der Waals surface area (Å²) in [5.41, 5.74) is 0. The van der Waals surface area contributed by atoms with Crippen LogP contribution in [0, 0.1) is 0 Å². The molecule has 0 aliphatic rings. The predicted octanol–water partition coefficient (Wildman–Crippen LogP) is 3.14. The molecule has 1 N–H and O–H groups in total. The Kier molecular flexibility index (Phi) is 4.79. The number of aromatic nitrogens is 3. The van der Waals surface area contributed by atoms with Gasteiger partial charge in [-0.15, -0.1) is 0 Å². The highest BCUT2D eigenvalue weighted by Gasteiger charge is 2.13. The predicted molar refractivity (Wildman–Crippen MR) is 79.1 cm³/mol. The average Bonchev–Trinajstić information content (AvgIpc) is 2.93. The van der Waals surface area contributed by atoms with Gasteiger partial charge in [0.2, 0.25) is 17.2 Å². The van der Waals surface area contributed by atoms with Crippen molar-refractivity contribution in [1.82, 2.24) is 15.0 Å². The summed E-state index contributed by atoms with van der Waals surface area (Å²) in [6.07, 6.45) is 1.63. The van der Waals surface area contributed by atoms with E-state index in [0.717, 1.165) is 18.8 Å². The van der Waals surface area contributed by atoms with Crippen molar-refractivity contribution in [1.29, 1.82) is 0 Å². The summed E-state index contributed by atoms with van der Waals surface area (Å²) in [7, 11) is 0. The maximum atomic E-state index is 5.96. The molecule has 0 spiro atoms. The largest absolute Gasteiger partial charge is 0.467 e. The van der Waals surface area contributed by atoms with Crippen molar-refractivity contribution in [3.05, 3.63) is 29.4 Å². The zero-order valence-electron chi connectivity index (χ0n) is 11.8. The molecule has 0 saturated heterocycles. The first-order chi connectivity index (χ1) is 9.63. The minimum absolute atomic E-state index is 0.0481. The molecule has 0 aliphatic carbocycles. The first kappa shape index (κ1) is 14.6. The van der Waals surface area contributed by atoms with Gasteiger partial charge < -0.3 is 14.6 Å². The van der Waals surface area contributed by atoms with E-state index in [4.69, 9.17) is 16.0 Å². The SMILES string of the molecule is CCN(CC)c1nc(Cl)nc(NC(C)c2ccco2)n1. The highest BCUT2D eigenvalue weighted by molar-refractivity contribution is 6.28. The van der Waals surface area contributed by atoms with Gasteiger partial charge in [0.25, 0.3) is 0 Å². The van der Waals surface area contributed by atoms with E-state index in [1.165, 1.54) is 0 Å². The Morgan fingerprint density at radius 1 is 1.30 bits per heavy atom. The topological polar surface area (TPSA) is 67.1 Å². The van der Waals surface area contributed by atoms with E-state index in [1.54, 1.807) is 6.26 Å². The van der Waals surface area contributed by atoms with Crippen LogP contribution in [0.15, 0.2) is 22.8 Å². The molecule has 0 saturated carbocycles. The Labute approximate surface area is 123 Å². The van der Waals surface area contributed by atoms with Crippen LogP contribution in [0.1, 0.15) is 32.6 Å². The number of rotatable bonds is 6. The third-order valence-corrected chi connectivity index (χ3v) is 3.13. The molecule has 108 valence electrons. The quantitative estimate of drug-likeness (QED) is 0.883. The molecule has 0 fully saturated rings. The molecule has 0 bridgehead atoms. The maximum absolute atomic E-state index is 5.96. The normalized spacial score (nSPS) is 12.2. The maximum Gasteiger partial charge on any atom is 0.231 e. The Bertz CT molecular complexity index is 542. The molecule has 2 rings (SSSR count). The van der Waals surface area contributed by atoms with Gasteiger partial charge in [0.05, 0.1) is 12.3 Å². The van der Waals surface area contributed by atoms with Crippen molar-refractivity contribution in [3.8, 4) is 0 Å². The molecule has 0 aromatic carbocycles. The van der Waals surface area contributed by atoms with Crippen molar-refractivity contribution in [2.75, 3.05) is 23.3 Å². The molecule has 2 aromatic rings. The third kappa shape index (κ3) is 3.39. The lowest BCUT2D eigenvalue weighted by atomic mass is 10.2. The number of furan rings is 1. The van der Waals surface area contributed by atoms with Gasteiger partial charge in [-0.2, -0.15) is 15.0 Å². The van der Waals surface area contributed by atoms with Gasteiger partial charge in [-0.3, -0.25) is 0 Å². The first-order valence-electron chi connectivity index (χ1n) is 6.60. The summed E-state index contributed by atoms with van der Waals surface area (Å²) in [6, 6.07) is 3.69. The highest BCUT2D eigenvalue weighted by atomic mass is 35.5. The Morgan fingerprint density at radius 2 is 2.05 bits per heavy atom. The number of hydrogen-bond acceptors (Lipinski definition) is 6. The van der Waals surface area contributed by atoms with Gasteiger partial charge in [0, 0.05) is 13.1 Å². The second kappa shape index (κ2) is 6.56. The minimum atomic E-state index is -0.0481. The number of halogens is 1. The second-order valence-electron chi connectivity index (χ2n) is 4.28. The molecule has 1 atom stereocenters. The fraction of sp³-hybridized carbons (Fsp3) is 0.462. The molecule has 0 radical (unpaired) electrons. The first-order valence-corrected chi connectivity index (χ1v) is 6.98. The second-order valence-corrected chi connectivity index (χ2v) is 4.62. The third-order valence-electron chi connectivity index (χ3n) is 2.96. The molecule has 0 amide bonds. The van der Waals surface area contributed by atoms with Crippen LogP contribution in [-0.2, 0) is 0 Å². The summed E-state index contributed by atoms with van der Waals surface area (Å²) in [5, 5.41) is 3.34. The van der Waals surface area contributed by atoms with E-state index in [-0.39, 0.29) is 11.3 Å². The summed E-state index contributed by atoms with van der Waals surface area (Å²) in [5.74, 6) is 1.82. The van der Waals surface area contributed by atoms with E-state index < -0.39 is 0 Å². The molecule has 2 aromatic heterocycles. The number of anilines is 2. The van der Waals surface area contributed by atoms with Crippen molar-refractivity contribution in [3.63, 3.8) is 0 Å². The molecule has 7 heteroatoms. The molecule has 6 nitrogen and oxygen atoms in total. The van der Waals surface area contributed by atoms with Crippen molar-refractivity contribution < 1.29 is 4.42 Å². The summed E-state index contributed by atoms with van der Waals surface area (Å²) in [4.78, 5) is 14.7.